The van der Waals surface area contributed by atoms with Gasteiger partial charge in [-0.15, -0.1) is 0 Å². The number of carboxylic acid groups (broad SMARTS) is 1. The number of sulfonamides is 1. The first kappa shape index (κ1) is 26.1. The van der Waals surface area contributed by atoms with E-state index in [-0.39, 0.29) is 5.56 Å². The van der Waals surface area contributed by atoms with Crippen LogP contribution in [0.2, 0.25) is 0 Å². The Morgan fingerprint density at radius 2 is 1.91 bits per heavy atom. The summed E-state index contributed by atoms with van der Waals surface area (Å²) in [7, 11) is -4.38. The number of nitro groups is 1. The van der Waals surface area contributed by atoms with E-state index in [1.165, 1.54) is 18.2 Å². The largest absolute Gasteiger partial charge is 0.478 e. The number of carboxylic acids is 1. The minimum atomic E-state index is -4.38. The van der Waals surface area contributed by atoms with Crippen molar-refractivity contribution in [2.45, 2.75) is 43.1 Å². The third-order valence-corrected chi connectivity index (χ3v) is 6.01. The second kappa shape index (κ2) is 10.7. The van der Waals surface area contributed by atoms with Gasteiger partial charge in [-0.25, -0.2) is 17.9 Å². The number of nitrogens with one attached hydrogen (secondary N) is 2. The maximum Gasteiger partial charge on any atom is 0.370 e. The highest BCUT2D eigenvalue weighted by Crippen LogP contribution is 2.25. The number of aliphatic carboxylic acids is 1. The number of nitro benzene ring substituents is 1. The summed E-state index contributed by atoms with van der Waals surface area (Å²) < 4.78 is 32.9. The highest BCUT2D eigenvalue weighted by Gasteiger charge is 2.44. The van der Waals surface area contributed by atoms with Gasteiger partial charge in [-0.05, 0) is 6.08 Å². The minimum absolute atomic E-state index is 0.145. The lowest BCUT2D eigenvalue weighted by Crippen LogP contribution is -2.63. The molecule has 182 valence electrons. The monoisotopic (exact) mass is 489 g/mol. The van der Waals surface area contributed by atoms with Crippen molar-refractivity contribution in [2.24, 2.45) is 0 Å². The van der Waals surface area contributed by atoms with Crippen molar-refractivity contribution in [3.8, 4) is 0 Å². The molecule has 33 heavy (non-hydrogen) atoms. The third kappa shape index (κ3) is 6.69. The molecule has 1 aromatic carbocycles. The van der Waals surface area contributed by atoms with Gasteiger partial charge in [-0.3, -0.25) is 14.9 Å². The fourth-order valence-electron chi connectivity index (χ4n) is 3.24. The minimum Gasteiger partial charge on any atom is -0.478 e. The highest BCUT2D eigenvalue weighted by atomic mass is 32.2. The summed E-state index contributed by atoms with van der Waals surface area (Å²) in [6.07, 6.45) is -4.55. The SMILES string of the molecule is CC(=O)N[C@H]1[C@H]([C@H](O)[C@H](O)CO)OC(C(=O)O)=C[C@@H]1NS(=O)(=O)Cc1ccccc1[N+](=O)[O-]. The van der Waals surface area contributed by atoms with Crippen LogP contribution >= 0.6 is 0 Å². The molecule has 14 nitrogen and oxygen atoms in total. The van der Waals surface area contributed by atoms with Crippen LogP contribution in [0, 0.1) is 10.1 Å². The van der Waals surface area contributed by atoms with Gasteiger partial charge in [0.05, 0.1) is 29.4 Å². The van der Waals surface area contributed by atoms with Crippen LogP contribution in [-0.4, -0.2) is 82.6 Å². The molecule has 1 amide bonds. The van der Waals surface area contributed by atoms with Crippen LogP contribution in [-0.2, 0) is 30.1 Å². The van der Waals surface area contributed by atoms with Gasteiger partial charge in [0.2, 0.25) is 21.7 Å². The van der Waals surface area contributed by atoms with Gasteiger partial charge in [-0.2, -0.15) is 0 Å². The molecule has 0 spiro atoms. The summed E-state index contributed by atoms with van der Waals surface area (Å²) in [4.78, 5) is 33.6. The Morgan fingerprint density at radius 3 is 2.45 bits per heavy atom. The molecule has 0 saturated carbocycles. The van der Waals surface area contributed by atoms with Crippen LogP contribution in [0.15, 0.2) is 36.1 Å². The van der Waals surface area contributed by atoms with Gasteiger partial charge in [0.25, 0.3) is 5.69 Å². The number of aliphatic hydroxyl groups excluding tert-OH is 3. The molecule has 0 aliphatic carbocycles. The van der Waals surface area contributed by atoms with E-state index >= 15 is 0 Å². The Hall–Kier alpha value is -3.11. The van der Waals surface area contributed by atoms with Crippen LogP contribution < -0.4 is 10.0 Å². The lowest BCUT2D eigenvalue weighted by Gasteiger charge is -2.39. The van der Waals surface area contributed by atoms with Gasteiger partial charge in [0, 0.05) is 18.6 Å². The zero-order chi connectivity index (χ0) is 24.9. The maximum absolute atomic E-state index is 12.8. The van der Waals surface area contributed by atoms with E-state index in [1.54, 1.807) is 0 Å². The molecule has 5 atom stereocenters. The summed E-state index contributed by atoms with van der Waals surface area (Å²) in [5, 5.41) is 52.1. The number of hydrogen-bond acceptors (Lipinski definition) is 10. The van der Waals surface area contributed by atoms with Crippen LogP contribution in [0.3, 0.4) is 0 Å². The summed E-state index contributed by atoms with van der Waals surface area (Å²) in [6.45, 7) is 0.134. The van der Waals surface area contributed by atoms with Crippen molar-refractivity contribution in [1.29, 1.82) is 0 Å². The van der Waals surface area contributed by atoms with Crippen LogP contribution in [0.25, 0.3) is 0 Å². The van der Waals surface area contributed by atoms with E-state index in [2.05, 4.69) is 10.0 Å². The number of para-hydroxylation sites is 1. The molecule has 0 unspecified atom stereocenters. The van der Waals surface area contributed by atoms with Gasteiger partial charge >= 0.3 is 5.97 Å². The van der Waals surface area contributed by atoms with E-state index < -0.39 is 81.0 Å². The second-order valence-electron chi connectivity index (χ2n) is 7.17. The molecule has 1 aromatic rings. The predicted octanol–water partition coefficient (Wildman–Crippen LogP) is -2.03. The number of nitrogens with zero attached hydrogens (tertiary/aromatic N) is 1. The molecule has 6 N–H and O–H groups in total. The maximum atomic E-state index is 12.8. The summed E-state index contributed by atoms with van der Waals surface area (Å²) >= 11 is 0. The zero-order valence-electron chi connectivity index (χ0n) is 17.2. The zero-order valence-corrected chi connectivity index (χ0v) is 18.0. The summed E-state index contributed by atoms with van der Waals surface area (Å²) in [5.41, 5.74) is -0.595. The quantitative estimate of drug-likeness (QED) is 0.155. The number of aliphatic hydroxyl groups is 3. The molecular weight excluding hydrogens is 466 g/mol. The Morgan fingerprint density at radius 1 is 1.27 bits per heavy atom. The molecule has 1 heterocycles. The summed E-state index contributed by atoms with van der Waals surface area (Å²) in [6, 6.07) is 2.19. The van der Waals surface area contributed by atoms with Gasteiger partial charge in [0.15, 0.2) is 0 Å². The Labute approximate surface area is 187 Å². The number of amides is 1. The van der Waals surface area contributed by atoms with Gasteiger partial charge in [-0.1, -0.05) is 18.2 Å². The van der Waals surface area contributed by atoms with Crippen molar-refractivity contribution >= 4 is 27.6 Å². The number of hydrogen-bond donors (Lipinski definition) is 6. The van der Waals surface area contributed by atoms with E-state index in [0.717, 1.165) is 19.1 Å². The number of carbonyl (C=O) groups excluding carboxylic acids is 1. The predicted molar refractivity (Wildman–Crippen MR) is 110 cm³/mol. The molecule has 1 aliphatic heterocycles. The Balaban J connectivity index is 2.44. The number of benzene rings is 1. The Bertz CT molecular complexity index is 1040. The molecule has 1 aliphatic rings. The van der Waals surface area contributed by atoms with E-state index in [4.69, 9.17) is 9.84 Å². The average Bonchev–Trinajstić information content (AvgIpc) is 2.72. The molecule has 0 radical (unpaired) electrons. The lowest BCUT2D eigenvalue weighted by atomic mass is 9.92. The van der Waals surface area contributed by atoms with E-state index in [0.29, 0.717) is 0 Å². The van der Waals surface area contributed by atoms with Crippen LogP contribution in [0.4, 0.5) is 5.69 Å². The first-order valence-electron chi connectivity index (χ1n) is 9.44. The van der Waals surface area contributed by atoms with Crippen molar-refractivity contribution in [3.63, 3.8) is 0 Å². The molecule has 0 aromatic heterocycles. The smallest absolute Gasteiger partial charge is 0.370 e. The van der Waals surface area contributed by atoms with Crippen molar-refractivity contribution < 1.29 is 48.1 Å². The van der Waals surface area contributed by atoms with E-state index in [9.17, 15) is 43.4 Å². The van der Waals surface area contributed by atoms with Gasteiger partial charge < -0.3 is 30.5 Å². The average molecular weight is 489 g/mol. The first-order chi connectivity index (χ1) is 15.4. The van der Waals surface area contributed by atoms with Gasteiger partial charge in [0.1, 0.15) is 18.3 Å². The van der Waals surface area contributed by atoms with Crippen LogP contribution in [0.5, 0.6) is 0 Å². The molecule has 2 rings (SSSR count). The number of carbonyl (C=O) groups is 2. The molecule has 0 saturated heterocycles. The first-order valence-corrected chi connectivity index (χ1v) is 11.1. The van der Waals surface area contributed by atoms with E-state index in [1.807, 2.05) is 0 Å². The molecule has 0 bridgehead atoms. The molecule has 0 fully saturated rings. The van der Waals surface area contributed by atoms with Crippen LogP contribution in [0.1, 0.15) is 12.5 Å². The molecular formula is C18H23N3O11S. The number of rotatable bonds is 10. The third-order valence-electron chi connectivity index (χ3n) is 4.68. The van der Waals surface area contributed by atoms with Crippen molar-refractivity contribution in [3.05, 3.63) is 51.8 Å². The molecule has 15 heteroatoms. The topological polar surface area (TPSA) is 226 Å². The fraction of sp³-hybridized carbons (Fsp3) is 0.444. The van der Waals surface area contributed by atoms with Crippen molar-refractivity contribution in [1.82, 2.24) is 10.0 Å². The highest BCUT2D eigenvalue weighted by molar-refractivity contribution is 7.88. The summed E-state index contributed by atoms with van der Waals surface area (Å²) in [5.74, 6) is -3.97. The lowest BCUT2D eigenvalue weighted by molar-refractivity contribution is -0.385. The Kier molecular flexibility index (Phi) is 8.45. The second-order valence-corrected chi connectivity index (χ2v) is 8.93. The van der Waals surface area contributed by atoms with Crippen molar-refractivity contribution in [2.75, 3.05) is 6.61 Å². The fourth-order valence-corrected chi connectivity index (χ4v) is 4.61. The standard InChI is InChI=1S/C18H23N3O11S/c1-9(23)19-15-11(6-14(18(26)27)32-17(15)16(25)13(24)7-22)20-33(30,31)8-10-4-2-3-5-12(10)21(28)29/h2-6,11,13,15-17,20,22,24-25H,7-8H2,1H3,(H,19,23)(H,26,27)/t11-,13+,15+,16+,17+/m0/s1. The number of ether oxygens (including phenoxy) is 1. The normalized spacial score (nSPS) is 22.4.